The number of piperidine rings is 1. The van der Waals surface area contributed by atoms with Gasteiger partial charge in [-0.2, -0.15) is 4.31 Å². The van der Waals surface area contributed by atoms with E-state index in [1.165, 1.54) is 22.5 Å². The highest BCUT2D eigenvalue weighted by Crippen LogP contribution is 2.32. The second-order valence-corrected chi connectivity index (χ2v) is 9.92. The minimum atomic E-state index is -3.81. The van der Waals surface area contributed by atoms with E-state index < -0.39 is 21.7 Å². The highest BCUT2D eigenvalue weighted by Gasteiger charge is 2.30. The number of hydrogen-bond acceptors (Lipinski definition) is 5. The van der Waals surface area contributed by atoms with Crippen molar-refractivity contribution in [2.75, 3.05) is 25.0 Å². The predicted molar refractivity (Wildman–Crippen MR) is 126 cm³/mol. The zero-order valence-corrected chi connectivity index (χ0v) is 19.5. The van der Waals surface area contributed by atoms with E-state index in [2.05, 4.69) is 10.3 Å². The molecule has 33 heavy (non-hydrogen) atoms. The molecule has 8 nitrogen and oxygen atoms in total. The molecule has 3 aromatic rings. The van der Waals surface area contributed by atoms with Gasteiger partial charge in [-0.1, -0.05) is 24.6 Å². The summed E-state index contributed by atoms with van der Waals surface area (Å²) in [6.07, 6.45) is 2.60. The van der Waals surface area contributed by atoms with Gasteiger partial charge in [-0.05, 0) is 51.0 Å². The molecule has 1 saturated heterocycles. The lowest BCUT2D eigenvalue weighted by Crippen LogP contribution is -2.35. The average Bonchev–Trinajstić information content (AvgIpc) is 3.15. The Morgan fingerprint density at radius 2 is 1.82 bits per heavy atom. The number of anilines is 1. The maximum absolute atomic E-state index is 13.3. The molecule has 0 unspecified atom stereocenters. The van der Waals surface area contributed by atoms with E-state index in [9.17, 15) is 18.0 Å². The largest absolute Gasteiger partial charge is 0.492 e. The Kier molecular flexibility index (Phi) is 6.53. The standard InChI is InChI=1S/C24H27N3O5S/c1-3-32-20-12-11-17(15-21(20)33(30,31)27-13-7-4-8-14-27)26-24(29)23(28)22-16(2)25-19-10-6-5-9-18(19)22/h5-6,9-12,15,25H,3-4,7-8,13-14H2,1-2H3,(H,26,29). The van der Waals surface area contributed by atoms with Crippen LogP contribution in [0.3, 0.4) is 0 Å². The van der Waals surface area contributed by atoms with Crippen molar-refractivity contribution in [3.05, 3.63) is 53.7 Å². The zero-order chi connectivity index (χ0) is 23.6. The summed E-state index contributed by atoms with van der Waals surface area (Å²) < 4.78 is 33.6. The molecular formula is C24H27N3O5S. The summed E-state index contributed by atoms with van der Waals surface area (Å²) in [6.45, 7) is 4.70. The number of carbonyl (C=O) groups is 2. The third kappa shape index (κ3) is 4.51. The number of aromatic amines is 1. The molecule has 1 amide bonds. The molecule has 0 atom stereocenters. The number of rotatable bonds is 7. The van der Waals surface area contributed by atoms with E-state index in [0.717, 1.165) is 24.8 Å². The van der Waals surface area contributed by atoms with E-state index in [1.54, 1.807) is 26.0 Å². The minimum Gasteiger partial charge on any atom is -0.492 e. The second kappa shape index (κ2) is 9.36. The van der Waals surface area contributed by atoms with Gasteiger partial charge in [0, 0.05) is 35.4 Å². The molecule has 2 aromatic carbocycles. The fourth-order valence-corrected chi connectivity index (χ4v) is 5.85. The Morgan fingerprint density at radius 1 is 1.09 bits per heavy atom. The number of para-hydroxylation sites is 1. The van der Waals surface area contributed by atoms with Crippen LogP contribution in [0.4, 0.5) is 5.69 Å². The van der Waals surface area contributed by atoms with Gasteiger partial charge < -0.3 is 15.0 Å². The third-order valence-electron chi connectivity index (χ3n) is 5.76. The molecule has 2 heterocycles. The van der Waals surface area contributed by atoms with Gasteiger partial charge in [0.25, 0.3) is 11.7 Å². The van der Waals surface area contributed by atoms with E-state index >= 15 is 0 Å². The van der Waals surface area contributed by atoms with Gasteiger partial charge in [-0.15, -0.1) is 0 Å². The molecule has 1 aliphatic heterocycles. The fraction of sp³-hybridized carbons (Fsp3) is 0.333. The number of carbonyl (C=O) groups excluding carboxylic acids is 2. The number of Topliss-reactive ketones (excluding diaryl/α,β-unsaturated/α-hetero) is 1. The molecule has 0 bridgehead atoms. The summed E-state index contributed by atoms with van der Waals surface area (Å²) >= 11 is 0. The number of aryl methyl sites for hydroxylation is 1. The van der Waals surface area contributed by atoms with Crippen LogP contribution in [0.25, 0.3) is 10.9 Å². The van der Waals surface area contributed by atoms with Crippen LogP contribution < -0.4 is 10.1 Å². The second-order valence-electron chi connectivity index (χ2n) is 8.01. The van der Waals surface area contributed by atoms with Gasteiger partial charge >= 0.3 is 0 Å². The van der Waals surface area contributed by atoms with Gasteiger partial charge in [0.15, 0.2) is 0 Å². The van der Waals surface area contributed by atoms with Crippen LogP contribution in [0.15, 0.2) is 47.4 Å². The van der Waals surface area contributed by atoms with Crippen molar-refractivity contribution in [2.24, 2.45) is 0 Å². The van der Waals surface area contributed by atoms with Gasteiger partial charge in [0.1, 0.15) is 10.6 Å². The SMILES string of the molecule is CCOc1ccc(NC(=O)C(=O)c2c(C)[nH]c3ccccc23)cc1S(=O)(=O)N1CCCCC1. The van der Waals surface area contributed by atoms with E-state index in [4.69, 9.17) is 4.74 Å². The van der Waals surface area contributed by atoms with Crippen molar-refractivity contribution in [3.63, 3.8) is 0 Å². The van der Waals surface area contributed by atoms with Gasteiger partial charge in [-0.3, -0.25) is 9.59 Å². The van der Waals surface area contributed by atoms with Crippen LogP contribution in [-0.2, 0) is 14.8 Å². The topological polar surface area (TPSA) is 109 Å². The molecule has 0 spiro atoms. The van der Waals surface area contributed by atoms with E-state index in [1.807, 2.05) is 12.1 Å². The molecule has 9 heteroatoms. The summed E-state index contributed by atoms with van der Waals surface area (Å²) in [6, 6.07) is 11.7. The fourth-order valence-electron chi connectivity index (χ4n) is 4.18. The Balaban J connectivity index is 1.64. The Bertz CT molecular complexity index is 1310. The first kappa shape index (κ1) is 23.0. The van der Waals surface area contributed by atoms with Crippen molar-refractivity contribution < 1.29 is 22.7 Å². The van der Waals surface area contributed by atoms with Crippen LogP contribution in [0, 0.1) is 6.92 Å². The van der Waals surface area contributed by atoms with Crippen molar-refractivity contribution >= 4 is 38.3 Å². The number of H-pyrrole nitrogens is 1. The molecule has 174 valence electrons. The first-order chi connectivity index (χ1) is 15.8. The third-order valence-corrected chi connectivity index (χ3v) is 7.68. The van der Waals surface area contributed by atoms with E-state index in [0.29, 0.717) is 36.3 Å². The molecular weight excluding hydrogens is 442 g/mol. The molecule has 1 aromatic heterocycles. The summed E-state index contributed by atoms with van der Waals surface area (Å²) in [4.78, 5) is 28.9. The van der Waals surface area contributed by atoms with Crippen molar-refractivity contribution in [2.45, 2.75) is 38.0 Å². The molecule has 0 saturated carbocycles. The highest BCUT2D eigenvalue weighted by molar-refractivity contribution is 7.89. The monoisotopic (exact) mass is 469 g/mol. The van der Waals surface area contributed by atoms with Gasteiger partial charge in [-0.25, -0.2) is 8.42 Å². The number of ether oxygens (including phenoxy) is 1. The Hall–Kier alpha value is -3.17. The Morgan fingerprint density at radius 3 is 2.55 bits per heavy atom. The van der Waals surface area contributed by atoms with Crippen LogP contribution >= 0.6 is 0 Å². The predicted octanol–water partition coefficient (Wildman–Crippen LogP) is 3.87. The molecule has 0 aliphatic carbocycles. The van der Waals surface area contributed by atoms with Crippen LogP contribution in [0.2, 0.25) is 0 Å². The number of sulfonamides is 1. The van der Waals surface area contributed by atoms with Crippen LogP contribution in [0.1, 0.15) is 42.2 Å². The lowest BCUT2D eigenvalue weighted by molar-refractivity contribution is -0.112. The quantitative estimate of drug-likeness (QED) is 0.403. The lowest BCUT2D eigenvalue weighted by atomic mass is 10.1. The summed E-state index contributed by atoms with van der Waals surface area (Å²) in [5, 5.41) is 3.23. The number of fused-ring (bicyclic) bond motifs is 1. The van der Waals surface area contributed by atoms with Crippen molar-refractivity contribution in [1.82, 2.24) is 9.29 Å². The lowest BCUT2D eigenvalue weighted by Gasteiger charge is -2.27. The summed E-state index contributed by atoms with van der Waals surface area (Å²) in [7, 11) is -3.81. The summed E-state index contributed by atoms with van der Waals surface area (Å²) in [5.41, 5.74) is 1.87. The molecule has 1 aliphatic rings. The first-order valence-corrected chi connectivity index (χ1v) is 12.5. The van der Waals surface area contributed by atoms with Crippen LogP contribution in [0.5, 0.6) is 5.75 Å². The van der Waals surface area contributed by atoms with Crippen LogP contribution in [-0.4, -0.2) is 49.1 Å². The molecule has 0 radical (unpaired) electrons. The maximum Gasteiger partial charge on any atom is 0.296 e. The number of benzene rings is 2. The number of aromatic nitrogens is 1. The zero-order valence-electron chi connectivity index (χ0n) is 18.7. The number of nitrogens with one attached hydrogen (secondary N) is 2. The molecule has 4 rings (SSSR count). The molecule has 1 fully saturated rings. The normalized spacial score (nSPS) is 14.8. The number of ketones is 1. The number of hydrogen-bond donors (Lipinski definition) is 2. The first-order valence-electron chi connectivity index (χ1n) is 11.0. The maximum atomic E-state index is 13.3. The van der Waals surface area contributed by atoms with Crippen molar-refractivity contribution in [3.8, 4) is 5.75 Å². The van der Waals surface area contributed by atoms with Gasteiger partial charge in [0.2, 0.25) is 10.0 Å². The van der Waals surface area contributed by atoms with E-state index in [-0.39, 0.29) is 16.3 Å². The van der Waals surface area contributed by atoms with Gasteiger partial charge in [0.05, 0.1) is 12.2 Å². The highest BCUT2D eigenvalue weighted by atomic mass is 32.2. The average molecular weight is 470 g/mol. The smallest absolute Gasteiger partial charge is 0.296 e. The molecule has 2 N–H and O–H groups in total. The van der Waals surface area contributed by atoms with Crippen molar-refractivity contribution in [1.29, 1.82) is 0 Å². The Labute approximate surface area is 193 Å². The summed E-state index contributed by atoms with van der Waals surface area (Å²) in [5.74, 6) is -1.31. The number of amides is 1. The minimum absolute atomic E-state index is 0.0141. The number of nitrogens with zero attached hydrogens (tertiary/aromatic N) is 1.